The second kappa shape index (κ2) is 7.08. The number of carbonyl (C=O) groups is 1. The van der Waals surface area contributed by atoms with Crippen LogP contribution in [0.4, 0.5) is 0 Å². The normalized spacial score (nSPS) is 9.10. The molecule has 0 aromatic heterocycles. The molecule has 0 atom stereocenters. The summed E-state index contributed by atoms with van der Waals surface area (Å²) in [4.78, 5) is 15.3. The van der Waals surface area contributed by atoms with Gasteiger partial charge in [-0.1, -0.05) is 24.3 Å². The summed E-state index contributed by atoms with van der Waals surface area (Å²) in [7, 11) is 0. The third kappa shape index (κ3) is 4.06. The number of amides is 1. The number of benzene rings is 2. The van der Waals surface area contributed by atoms with Crippen molar-refractivity contribution in [3.63, 3.8) is 0 Å². The predicted octanol–water partition coefficient (Wildman–Crippen LogP) is 2.06. The number of nitriles is 1. The molecule has 2 aromatic rings. The molecule has 2 aromatic carbocycles. The van der Waals surface area contributed by atoms with E-state index in [-0.39, 0.29) is 18.4 Å². The first-order chi connectivity index (χ1) is 9.60. The number of nitrogens with zero attached hydrogens (tertiary/aromatic N) is 2. The first kappa shape index (κ1) is 16.2. The maximum atomic E-state index is 11.8. The fraction of sp³-hybridized carbons (Fsp3) is 0. The summed E-state index contributed by atoms with van der Waals surface area (Å²) >= 11 is 0. The number of guanidine groups is 1. The van der Waals surface area contributed by atoms with Crippen LogP contribution in [-0.2, 0) is 0 Å². The molecule has 2 rings (SSSR count). The predicted molar refractivity (Wildman–Crippen MR) is 84.0 cm³/mol. The Morgan fingerprint density at radius 1 is 1.05 bits per heavy atom. The third-order valence-electron chi connectivity index (χ3n) is 2.67. The molecular weight excluding hydrogens is 288 g/mol. The van der Waals surface area contributed by atoms with Crippen LogP contribution in [0, 0.1) is 11.3 Å². The SMILES string of the molecule is Cl.N#Cc1cccc(-c2cccc(C(=O)N=C(N)N)c2)c1. The lowest BCUT2D eigenvalue weighted by molar-refractivity contribution is 0.100. The summed E-state index contributed by atoms with van der Waals surface area (Å²) in [5, 5.41) is 8.90. The highest BCUT2D eigenvalue weighted by Gasteiger charge is 2.06. The molecule has 0 fully saturated rings. The van der Waals surface area contributed by atoms with Crippen LogP contribution in [0.1, 0.15) is 15.9 Å². The molecule has 1 amide bonds. The third-order valence-corrected chi connectivity index (χ3v) is 2.67. The number of hydrogen-bond donors (Lipinski definition) is 2. The molecule has 0 spiro atoms. The average molecular weight is 301 g/mol. The zero-order valence-electron chi connectivity index (χ0n) is 11.0. The quantitative estimate of drug-likeness (QED) is 0.654. The first-order valence-corrected chi connectivity index (χ1v) is 5.85. The van der Waals surface area contributed by atoms with Crippen molar-refractivity contribution in [2.24, 2.45) is 16.5 Å². The molecule has 21 heavy (non-hydrogen) atoms. The van der Waals surface area contributed by atoms with E-state index < -0.39 is 5.91 Å². The highest BCUT2D eigenvalue weighted by Crippen LogP contribution is 2.21. The Morgan fingerprint density at radius 3 is 2.29 bits per heavy atom. The Hall–Kier alpha value is -2.84. The van der Waals surface area contributed by atoms with Gasteiger partial charge in [-0.05, 0) is 35.4 Å². The van der Waals surface area contributed by atoms with Crippen molar-refractivity contribution in [2.45, 2.75) is 0 Å². The van der Waals surface area contributed by atoms with Crippen molar-refractivity contribution in [1.82, 2.24) is 0 Å². The standard InChI is InChI=1S/C15H12N4O.ClH/c16-9-10-3-1-4-11(7-10)12-5-2-6-13(8-12)14(20)19-15(17)18;/h1-8H,(H4,17,18,19,20);1H. The van der Waals surface area contributed by atoms with Crippen LogP contribution in [0.3, 0.4) is 0 Å². The van der Waals surface area contributed by atoms with Crippen LogP contribution in [0.2, 0.25) is 0 Å². The molecule has 106 valence electrons. The minimum absolute atomic E-state index is 0. The number of hydrogen-bond acceptors (Lipinski definition) is 2. The highest BCUT2D eigenvalue weighted by molar-refractivity contribution is 6.02. The lowest BCUT2D eigenvalue weighted by Crippen LogP contribution is -2.24. The van der Waals surface area contributed by atoms with E-state index in [1.807, 2.05) is 12.1 Å². The maximum Gasteiger partial charge on any atom is 0.280 e. The van der Waals surface area contributed by atoms with Crippen LogP contribution in [0.5, 0.6) is 0 Å². The molecule has 0 aliphatic rings. The van der Waals surface area contributed by atoms with Gasteiger partial charge in [0, 0.05) is 5.56 Å². The number of rotatable bonds is 2. The molecule has 0 saturated carbocycles. The summed E-state index contributed by atoms with van der Waals surface area (Å²) in [6.45, 7) is 0. The fourth-order valence-electron chi connectivity index (χ4n) is 1.78. The van der Waals surface area contributed by atoms with E-state index >= 15 is 0 Å². The number of nitrogens with two attached hydrogens (primary N) is 2. The van der Waals surface area contributed by atoms with Gasteiger partial charge < -0.3 is 11.5 Å². The monoisotopic (exact) mass is 300 g/mol. The molecule has 4 N–H and O–H groups in total. The van der Waals surface area contributed by atoms with Gasteiger partial charge in [0.15, 0.2) is 5.96 Å². The summed E-state index contributed by atoms with van der Waals surface area (Å²) in [5.74, 6) is -0.768. The van der Waals surface area contributed by atoms with Crippen molar-refractivity contribution in [1.29, 1.82) is 5.26 Å². The molecule has 0 radical (unpaired) electrons. The lowest BCUT2D eigenvalue weighted by Gasteiger charge is -2.04. The molecule has 0 aliphatic carbocycles. The Morgan fingerprint density at radius 2 is 1.67 bits per heavy atom. The Bertz CT molecular complexity index is 730. The first-order valence-electron chi connectivity index (χ1n) is 5.85. The zero-order chi connectivity index (χ0) is 14.5. The van der Waals surface area contributed by atoms with E-state index in [1.54, 1.807) is 36.4 Å². The fourth-order valence-corrected chi connectivity index (χ4v) is 1.78. The van der Waals surface area contributed by atoms with E-state index in [2.05, 4.69) is 11.1 Å². The summed E-state index contributed by atoms with van der Waals surface area (Å²) in [6, 6.07) is 16.1. The van der Waals surface area contributed by atoms with Crippen LogP contribution in [0.15, 0.2) is 53.5 Å². The zero-order valence-corrected chi connectivity index (χ0v) is 11.8. The van der Waals surface area contributed by atoms with Gasteiger partial charge in [0.05, 0.1) is 11.6 Å². The van der Waals surface area contributed by atoms with Crippen molar-refractivity contribution in [3.8, 4) is 17.2 Å². The van der Waals surface area contributed by atoms with Crippen molar-refractivity contribution < 1.29 is 4.79 Å². The summed E-state index contributed by atoms with van der Waals surface area (Å²) in [6.07, 6.45) is 0. The van der Waals surface area contributed by atoms with Crippen LogP contribution >= 0.6 is 12.4 Å². The minimum Gasteiger partial charge on any atom is -0.370 e. The van der Waals surface area contributed by atoms with Crippen molar-refractivity contribution in [3.05, 3.63) is 59.7 Å². The largest absolute Gasteiger partial charge is 0.370 e. The van der Waals surface area contributed by atoms with E-state index in [4.69, 9.17) is 16.7 Å². The van der Waals surface area contributed by atoms with Crippen LogP contribution < -0.4 is 11.5 Å². The van der Waals surface area contributed by atoms with E-state index in [0.717, 1.165) is 11.1 Å². The molecule has 0 heterocycles. The van der Waals surface area contributed by atoms with Gasteiger partial charge in [0.1, 0.15) is 0 Å². The molecule has 5 nitrogen and oxygen atoms in total. The number of carbonyl (C=O) groups excluding carboxylic acids is 1. The van der Waals surface area contributed by atoms with Crippen molar-refractivity contribution >= 4 is 24.3 Å². The van der Waals surface area contributed by atoms with E-state index in [0.29, 0.717) is 11.1 Å². The van der Waals surface area contributed by atoms with Crippen LogP contribution in [-0.4, -0.2) is 11.9 Å². The Kier molecular flexibility index (Phi) is 5.47. The molecular formula is C15H13ClN4O. The van der Waals surface area contributed by atoms with E-state index in [9.17, 15) is 4.79 Å². The Labute approximate surface area is 128 Å². The maximum absolute atomic E-state index is 11.8. The second-order valence-corrected chi connectivity index (χ2v) is 4.12. The van der Waals surface area contributed by atoms with Gasteiger partial charge in [-0.25, -0.2) is 0 Å². The topological polar surface area (TPSA) is 105 Å². The van der Waals surface area contributed by atoms with Gasteiger partial charge in [0.25, 0.3) is 5.91 Å². The smallest absolute Gasteiger partial charge is 0.280 e. The Balaban J connectivity index is 0.00000220. The molecule has 0 unspecified atom stereocenters. The molecule has 0 bridgehead atoms. The van der Waals surface area contributed by atoms with Gasteiger partial charge in [-0.3, -0.25) is 4.79 Å². The molecule has 0 aliphatic heterocycles. The average Bonchev–Trinajstić information content (AvgIpc) is 2.47. The van der Waals surface area contributed by atoms with Crippen molar-refractivity contribution in [2.75, 3.05) is 0 Å². The number of aliphatic imine (C=N–C) groups is 1. The van der Waals surface area contributed by atoms with Gasteiger partial charge >= 0.3 is 0 Å². The number of halogens is 1. The second-order valence-electron chi connectivity index (χ2n) is 4.12. The highest BCUT2D eigenvalue weighted by atomic mass is 35.5. The lowest BCUT2D eigenvalue weighted by atomic mass is 10.0. The summed E-state index contributed by atoms with van der Waals surface area (Å²) in [5.41, 5.74) is 13.0. The van der Waals surface area contributed by atoms with Gasteiger partial charge in [0.2, 0.25) is 0 Å². The molecule has 0 saturated heterocycles. The van der Waals surface area contributed by atoms with Crippen LogP contribution in [0.25, 0.3) is 11.1 Å². The van der Waals surface area contributed by atoms with Gasteiger partial charge in [-0.2, -0.15) is 10.3 Å². The van der Waals surface area contributed by atoms with Gasteiger partial charge in [-0.15, -0.1) is 12.4 Å². The minimum atomic E-state index is -0.497. The molecule has 6 heteroatoms. The summed E-state index contributed by atoms with van der Waals surface area (Å²) < 4.78 is 0. The van der Waals surface area contributed by atoms with E-state index in [1.165, 1.54) is 0 Å².